The van der Waals surface area contributed by atoms with Gasteiger partial charge in [-0.2, -0.15) is 10.2 Å². The molecule has 6 nitrogen and oxygen atoms in total. The molecule has 27 heavy (non-hydrogen) atoms. The number of amides is 1. The predicted molar refractivity (Wildman–Crippen MR) is 106 cm³/mol. The number of hydrazone groups is 1. The smallest absolute Gasteiger partial charge is 0.271 e. The number of rotatable bonds is 5. The molecule has 1 N–H and O–H groups in total. The minimum Gasteiger partial charge on any atom is -0.497 e. The Bertz CT molecular complexity index is 994. The van der Waals surface area contributed by atoms with E-state index in [2.05, 4.69) is 15.6 Å². The number of carbonyl (C=O) groups is 1. The number of halogens is 1. The molecule has 0 aliphatic carbocycles. The second-order valence-corrected chi connectivity index (χ2v) is 6.33. The largest absolute Gasteiger partial charge is 0.497 e. The van der Waals surface area contributed by atoms with Gasteiger partial charge in [-0.1, -0.05) is 35.4 Å². The van der Waals surface area contributed by atoms with Crippen molar-refractivity contribution in [2.24, 2.45) is 5.10 Å². The van der Waals surface area contributed by atoms with Gasteiger partial charge >= 0.3 is 0 Å². The van der Waals surface area contributed by atoms with E-state index < -0.39 is 0 Å². The highest BCUT2D eigenvalue weighted by Gasteiger charge is 2.13. The standard InChI is InChI=1S/C20H19ClN4O2/c1-13-7-9-16(10-8-13)25-19(21)18(14(2)24-25)12-22-23-20(26)15-5-4-6-17(11-15)27-3/h4-12H,1-3H3,(H,23,26)/b22-12-. The normalized spacial score (nSPS) is 11.0. The Morgan fingerprint density at radius 3 is 2.67 bits per heavy atom. The van der Waals surface area contributed by atoms with Gasteiger partial charge in [0, 0.05) is 5.56 Å². The van der Waals surface area contributed by atoms with Crippen molar-refractivity contribution >= 4 is 23.7 Å². The molecule has 1 aromatic heterocycles. The molecule has 3 aromatic rings. The van der Waals surface area contributed by atoms with Gasteiger partial charge in [-0.15, -0.1) is 0 Å². The van der Waals surface area contributed by atoms with Gasteiger partial charge in [-0.05, 0) is 44.2 Å². The van der Waals surface area contributed by atoms with Crippen LogP contribution in [0.2, 0.25) is 5.15 Å². The van der Waals surface area contributed by atoms with E-state index in [4.69, 9.17) is 16.3 Å². The Balaban J connectivity index is 1.77. The van der Waals surface area contributed by atoms with Crippen LogP contribution in [-0.4, -0.2) is 29.0 Å². The molecule has 7 heteroatoms. The molecule has 0 unspecified atom stereocenters. The number of nitrogens with zero attached hydrogens (tertiary/aromatic N) is 3. The summed E-state index contributed by atoms with van der Waals surface area (Å²) in [6.07, 6.45) is 1.49. The molecule has 0 aliphatic rings. The molecule has 0 fully saturated rings. The second kappa shape index (κ2) is 8.05. The topological polar surface area (TPSA) is 68.5 Å². The van der Waals surface area contributed by atoms with Crippen LogP contribution in [0, 0.1) is 13.8 Å². The summed E-state index contributed by atoms with van der Waals surface area (Å²) in [4.78, 5) is 12.2. The van der Waals surface area contributed by atoms with Crippen LogP contribution in [0.15, 0.2) is 53.6 Å². The molecule has 0 radical (unpaired) electrons. The Morgan fingerprint density at radius 2 is 1.96 bits per heavy atom. The second-order valence-electron chi connectivity index (χ2n) is 5.97. The van der Waals surface area contributed by atoms with Gasteiger partial charge in [0.25, 0.3) is 5.91 Å². The number of benzene rings is 2. The van der Waals surface area contributed by atoms with Gasteiger partial charge in [-0.25, -0.2) is 10.1 Å². The quantitative estimate of drug-likeness (QED) is 0.537. The zero-order valence-corrected chi connectivity index (χ0v) is 16.0. The van der Waals surface area contributed by atoms with Crippen molar-refractivity contribution in [3.8, 4) is 11.4 Å². The third kappa shape index (κ3) is 4.17. The molecule has 2 aromatic carbocycles. The molecule has 1 amide bonds. The predicted octanol–water partition coefficient (Wildman–Crippen LogP) is 3.92. The van der Waals surface area contributed by atoms with Crippen LogP contribution in [0.25, 0.3) is 5.69 Å². The minimum absolute atomic E-state index is 0.343. The van der Waals surface area contributed by atoms with Crippen molar-refractivity contribution in [3.05, 3.63) is 76.1 Å². The number of ether oxygens (including phenoxy) is 1. The van der Waals surface area contributed by atoms with Gasteiger partial charge in [-0.3, -0.25) is 4.79 Å². The number of hydrogen-bond donors (Lipinski definition) is 1. The highest BCUT2D eigenvalue weighted by atomic mass is 35.5. The van der Waals surface area contributed by atoms with Crippen LogP contribution in [0.4, 0.5) is 0 Å². The lowest BCUT2D eigenvalue weighted by molar-refractivity contribution is 0.0955. The van der Waals surface area contributed by atoms with E-state index in [1.165, 1.54) is 6.21 Å². The Morgan fingerprint density at radius 1 is 1.22 bits per heavy atom. The average Bonchev–Trinajstić information content (AvgIpc) is 2.96. The van der Waals surface area contributed by atoms with E-state index in [0.29, 0.717) is 27.7 Å². The highest BCUT2D eigenvalue weighted by Crippen LogP contribution is 2.22. The lowest BCUT2D eigenvalue weighted by Crippen LogP contribution is -2.17. The van der Waals surface area contributed by atoms with Crippen molar-refractivity contribution in [2.45, 2.75) is 13.8 Å². The van der Waals surface area contributed by atoms with Crippen LogP contribution < -0.4 is 10.2 Å². The van der Waals surface area contributed by atoms with Crippen molar-refractivity contribution < 1.29 is 9.53 Å². The van der Waals surface area contributed by atoms with Crippen LogP contribution in [0.1, 0.15) is 27.2 Å². The van der Waals surface area contributed by atoms with Crippen LogP contribution in [0.5, 0.6) is 5.75 Å². The Kier molecular flexibility index (Phi) is 5.57. The monoisotopic (exact) mass is 382 g/mol. The zero-order chi connectivity index (χ0) is 19.4. The molecule has 3 rings (SSSR count). The van der Waals surface area contributed by atoms with Gasteiger partial charge in [0.1, 0.15) is 10.9 Å². The third-order valence-corrected chi connectivity index (χ3v) is 4.38. The zero-order valence-electron chi connectivity index (χ0n) is 15.2. The van der Waals surface area contributed by atoms with Crippen molar-refractivity contribution in [3.63, 3.8) is 0 Å². The molecule has 0 atom stereocenters. The van der Waals surface area contributed by atoms with Crippen molar-refractivity contribution in [1.29, 1.82) is 0 Å². The summed E-state index contributed by atoms with van der Waals surface area (Å²) in [6.45, 7) is 3.85. The summed E-state index contributed by atoms with van der Waals surface area (Å²) in [5.41, 5.74) is 6.30. The third-order valence-electron chi connectivity index (χ3n) is 4.02. The Hall–Kier alpha value is -3.12. The van der Waals surface area contributed by atoms with Crippen molar-refractivity contribution in [1.82, 2.24) is 15.2 Å². The highest BCUT2D eigenvalue weighted by molar-refractivity contribution is 6.32. The number of aryl methyl sites for hydroxylation is 2. The number of aromatic nitrogens is 2. The first kappa shape index (κ1) is 18.7. The SMILES string of the molecule is COc1cccc(C(=O)N/N=C\c2c(C)nn(-c3ccc(C)cc3)c2Cl)c1. The maximum atomic E-state index is 12.2. The van der Waals surface area contributed by atoms with E-state index in [1.54, 1.807) is 36.1 Å². The minimum atomic E-state index is -0.343. The first-order valence-electron chi connectivity index (χ1n) is 8.29. The van der Waals surface area contributed by atoms with E-state index in [1.807, 2.05) is 38.1 Å². The molecule has 1 heterocycles. The number of carbonyl (C=O) groups excluding carboxylic acids is 1. The molecular formula is C20H19ClN4O2. The fourth-order valence-corrected chi connectivity index (χ4v) is 2.82. The molecular weight excluding hydrogens is 364 g/mol. The number of nitrogens with one attached hydrogen (secondary N) is 1. The summed E-state index contributed by atoms with van der Waals surface area (Å²) >= 11 is 6.46. The fraction of sp³-hybridized carbons (Fsp3) is 0.150. The molecule has 0 spiro atoms. The first-order valence-corrected chi connectivity index (χ1v) is 8.67. The van der Waals surface area contributed by atoms with Crippen LogP contribution >= 0.6 is 11.6 Å². The summed E-state index contributed by atoms with van der Waals surface area (Å²) in [7, 11) is 1.55. The van der Waals surface area contributed by atoms with E-state index in [-0.39, 0.29) is 5.91 Å². The maximum Gasteiger partial charge on any atom is 0.271 e. The molecule has 0 aliphatic heterocycles. The molecule has 0 saturated carbocycles. The summed E-state index contributed by atoms with van der Waals surface area (Å²) in [5, 5.41) is 8.89. The van der Waals surface area contributed by atoms with E-state index in [9.17, 15) is 4.79 Å². The number of hydrogen-bond acceptors (Lipinski definition) is 4. The van der Waals surface area contributed by atoms with Gasteiger partial charge in [0.05, 0.1) is 30.3 Å². The first-order chi connectivity index (χ1) is 13.0. The lowest BCUT2D eigenvalue weighted by atomic mass is 10.2. The van der Waals surface area contributed by atoms with Crippen LogP contribution in [-0.2, 0) is 0 Å². The van der Waals surface area contributed by atoms with Gasteiger partial charge in [0.15, 0.2) is 0 Å². The molecule has 0 bridgehead atoms. The van der Waals surface area contributed by atoms with E-state index in [0.717, 1.165) is 11.3 Å². The Labute approximate surface area is 162 Å². The maximum absolute atomic E-state index is 12.2. The van der Waals surface area contributed by atoms with Crippen molar-refractivity contribution in [2.75, 3.05) is 7.11 Å². The van der Waals surface area contributed by atoms with Gasteiger partial charge < -0.3 is 4.74 Å². The van der Waals surface area contributed by atoms with Gasteiger partial charge in [0.2, 0.25) is 0 Å². The molecule has 0 saturated heterocycles. The average molecular weight is 383 g/mol. The lowest BCUT2D eigenvalue weighted by Gasteiger charge is -2.03. The fourth-order valence-electron chi connectivity index (χ4n) is 2.50. The van der Waals surface area contributed by atoms with Crippen LogP contribution in [0.3, 0.4) is 0 Å². The number of methoxy groups -OCH3 is 1. The molecule has 138 valence electrons. The summed E-state index contributed by atoms with van der Waals surface area (Å²) < 4.78 is 6.76. The summed E-state index contributed by atoms with van der Waals surface area (Å²) in [6, 6.07) is 14.7. The van der Waals surface area contributed by atoms with E-state index >= 15 is 0 Å². The summed E-state index contributed by atoms with van der Waals surface area (Å²) in [5.74, 6) is 0.259.